The summed E-state index contributed by atoms with van der Waals surface area (Å²) in [6, 6.07) is 28.6. The molecule has 6 saturated carbocycles. The van der Waals surface area contributed by atoms with Crippen molar-refractivity contribution in [3.05, 3.63) is 197 Å². The number of Topliss-reactive ketones (excluding diaryl/α,β-unsaturated/α-hetero) is 1. The fraction of sp³-hybridized carbons (Fsp3) is 0.551. The maximum atomic E-state index is 12.4. The van der Waals surface area contributed by atoms with Gasteiger partial charge in [-0.1, -0.05) is 116 Å². The number of allylic oxidation sites excluding steroid dienone is 3. The molecule has 6 unspecified atom stereocenters. The molecule has 3 aromatic carbocycles. The lowest BCUT2D eigenvalue weighted by Crippen LogP contribution is -2.83. The SMILES string of the molecule is C.C.C.CN[C@@H]1CCC2=CC3=CC[C@]4(C)C(c5ccc6ccncc6c5)CC[C@H]4[C@@]34CCC2(C1)O4.CN[C@H]1CCC2=CC3=CC[C@]4(C)C(c5ccc6ccncc6c5)CC[C@H]4[C@@]34CCC2(C1)O4.C[C@]12CC=C3C=C4CCC(=O)CC45CC[C@]3(O5)[C@@H]1CCC2c1ccc2ccncc2c1.[B][B]B([B])B(B([B])[B])B(B(B([B])[B])B([B])[B])B(B([B])[B])B([B])[B]. The Bertz CT molecular complexity index is 4860. The lowest BCUT2D eigenvalue weighted by atomic mass is 8.36. The number of ketones is 1. The van der Waals surface area contributed by atoms with E-state index in [2.05, 4.69) is 170 Å². The van der Waals surface area contributed by atoms with Crippen LogP contribution in [0, 0.1) is 34.0 Å². The van der Waals surface area contributed by atoms with Crippen LogP contribution in [-0.4, -0.2) is 244 Å². The summed E-state index contributed by atoms with van der Waals surface area (Å²) in [7, 11) is 75.6. The van der Waals surface area contributed by atoms with E-state index in [1.165, 1.54) is 181 Å². The van der Waals surface area contributed by atoms with Crippen molar-refractivity contribution in [2.45, 2.75) is 261 Å². The van der Waals surface area contributed by atoms with Crippen LogP contribution in [0.3, 0.4) is 0 Å². The van der Waals surface area contributed by atoms with Crippen LogP contribution in [0.2, 0.25) is 0 Å². The number of hydrogen-bond donors (Lipinski definition) is 2. The Hall–Kier alpha value is -4.71. The van der Waals surface area contributed by atoms with Gasteiger partial charge in [-0.2, -0.15) is 0 Å². The minimum Gasteiger partial charge on any atom is -0.359 e. The molecule has 6 bridgehead atoms. The Labute approximate surface area is 746 Å². The van der Waals surface area contributed by atoms with Crippen molar-refractivity contribution in [3.63, 3.8) is 0 Å². The molecule has 6 spiro atoms. The number of fused-ring (bicyclic) bond motifs is 6. The third-order valence-corrected chi connectivity index (χ3v) is 34.1. The third kappa shape index (κ3) is 15.1. The van der Waals surface area contributed by atoms with Crippen LogP contribution < -0.4 is 10.6 Å². The number of aromatic nitrogens is 3. The van der Waals surface area contributed by atoms with E-state index in [9.17, 15) is 4.79 Å². The lowest BCUT2D eigenvalue weighted by Gasteiger charge is -2.54. The van der Waals surface area contributed by atoms with Crippen molar-refractivity contribution in [1.29, 1.82) is 0 Å². The van der Waals surface area contributed by atoms with Gasteiger partial charge in [-0.05, 0) is 310 Å². The number of pyridine rings is 3. The second-order valence-electron chi connectivity index (χ2n) is 39.7. The highest BCUT2D eigenvalue weighted by atomic mass is 16.5. The second-order valence-corrected chi connectivity index (χ2v) is 39.7. The molecule has 2 N–H and O–H groups in total. The van der Waals surface area contributed by atoms with Gasteiger partial charge >= 0.3 is 0 Å². The average molecular weight is 1560 g/mol. The molecular formula is C89H109B23N5O4. The number of rotatable bonds is 15. The topological polar surface area (TPSA) is 107 Å². The summed E-state index contributed by atoms with van der Waals surface area (Å²) in [5.74, 6) is 3.83. The van der Waals surface area contributed by atoms with Gasteiger partial charge in [0, 0.05) is 242 Å². The highest BCUT2D eigenvalue weighted by Crippen LogP contribution is 2.73. The molecule has 3 aromatic heterocycles. The Balaban J connectivity index is 0.000000126. The van der Waals surface area contributed by atoms with Crippen LogP contribution in [0.4, 0.5) is 0 Å². The van der Waals surface area contributed by atoms with E-state index in [1.54, 1.807) is 11.1 Å². The summed E-state index contributed by atoms with van der Waals surface area (Å²) in [6.07, 6.45) is 46.1. The Morgan fingerprint density at radius 2 is 0.744 bits per heavy atom. The number of benzene rings is 3. The molecule has 121 heavy (non-hydrogen) atoms. The highest BCUT2D eigenvalue weighted by molar-refractivity contribution is 8.22. The summed E-state index contributed by atoms with van der Waals surface area (Å²) in [6.45, 7) is 7.63. The van der Waals surface area contributed by atoms with Gasteiger partial charge in [0.1, 0.15) is 5.78 Å². The minimum atomic E-state index is -0.925. The van der Waals surface area contributed by atoms with Crippen molar-refractivity contribution >= 4 is 202 Å². The fourth-order valence-corrected chi connectivity index (χ4v) is 28.3. The number of ether oxygens (including phenoxy) is 3. The lowest BCUT2D eigenvalue weighted by molar-refractivity contribution is -0.146. The number of carbonyl (C=O) groups excluding carboxylic acids is 1. The van der Waals surface area contributed by atoms with Gasteiger partial charge in [0.05, 0.1) is 33.6 Å². The first-order valence-corrected chi connectivity index (χ1v) is 44.7. The van der Waals surface area contributed by atoms with Gasteiger partial charge in [-0.25, -0.2) is 0 Å². The largest absolute Gasteiger partial charge is 0.359 e. The van der Waals surface area contributed by atoms with E-state index < -0.39 is 63.9 Å². The molecule has 32 heteroatoms. The van der Waals surface area contributed by atoms with Gasteiger partial charge in [-0.3, -0.25) is 19.7 Å². The van der Waals surface area contributed by atoms with Gasteiger partial charge < -0.3 is 24.8 Å². The number of carbonyl (C=O) groups is 1. The van der Waals surface area contributed by atoms with Gasteiger partial charge in [0.2, 0.25) is 0 Å². The predicted octanol–water partition coefficient (Wildman–Crippen LogP) is 11.3. The summed E-state index contributed by atoms with van der Waals surface area (Å²) >= 11 is 0. The van der Waals surface area contributed by atoms with Crippen LogP contribution in [0.1, 0.15) is 232 Å². The smallest absolute Gasteiger partial charge is 0.136 e. The van der Waals surface area contributed by atoms with Crippen molar-refractivity contribution in [1.82, 2.24) is 25.6 Å². The molecule has 6 aromatic rings. The Morgan fingerprint density at radius 3 is 1.08 bits per heavy atom. The molecule has 21 rings (SSSR count). The average Bonchev–Trinajstić information content (AvgIpc) is 1.54. The zero-order chi connectivity index (χ0) is 82.4. The van der Waals surface area contributed by atoms with Gasteiger partial charge in [0.25, 0.3) is 0 Å². The fourth-order valence-electron chi connectivity index (χ4n) is 28.3. The summed E-state index contributed by atoms with van der Waals surface area (Å²) in [5, 5.41) is 14.7. The summed E-state index contributed by atoms with van der Waals surface area (Å²) in [4.78, 5) is 25.5. The van der Waals surface area contributed by atoms with Crippen molar-refractivity contribution in [3.8, 4) is 0 Å². The zero-order valence-electron chi connectivity index (χ0n) is 70.2. The van der Waals surface area contributed by atoms with Crippen molar-refractivity contribution < 1.29 is 19.0 Å². The zero-order valence-corrected chi connectivity index (χ0v) is 70.2. The van der Waals surface area contributed by atoms with E-state index >= 15 is 0 Å². The molecule has 9 fully saturated rings. The molecule has 9 heterocycles. The normalized spacial score (nSPS) is 34.5. The first-order chi connectivity index (χ1) is 56.6. The van der Waals surface area contributed by atoms with Crippen LogP contribution in [-0.2, 0) is 19.0 Å². The van der Waals surface area contributed by atoms with E-state index in [1.807, 2.05) is 37.2 Å². The molecule has 9 nitrogen and oxygen atoms in total. The van der Waals surface area contributed by atoms with Crippen LogP contribution in [0.5, 0.6) is 0 Å². The molecule has 6 aliphatic heterocycles. The van der Waals surface area contributed by atoms with E-state index in [4.69, 9.17) is 107 Å². The molecule has 17 atom stereocenters. The minimum absolute atomic E-state index is 0. The van der Waals surface area contributed by atoms with E-state index in [0.717, 1.165) is 38.5 Å². The summed E-state index contributed by atoms with van der Waals surface area (Å²) in [5.41, 5.74) is 13.6. The van der Waals surface area contributed by atoms with Crippen molar-refractivity contribution in [2.75, 3.05) is 14.1 Å². The summed E-state index contributed by atoms with van der Waals surface area (Å²) < 4.78 is 21.8. The molecule has 0 amide bonds. The molecule has 25 radical (unpaired) electrons. The maximum Gasteiger partial charge on any atom is 0.136 e. The van der Waals surface area contributed by atoms with Crippen LogP contribution >= 0.6 is 0 Å². The highest BCUT2D eigenvalue weighted by Gasteiger charge is 2.70. The van der Waals surface area contributed by atoms with Gasteiger partial charge in [-0.15, -0.1) is 0 Å². The predicted molar refractivity (Wildman–Crippen MR) is 530 cm³/mol. The number of hydrogen-bond acceptors (Lipinski definition) is 9. The Morgan fingerprint density at radius 1 is 0.405 bits per heavy atom. The van der Waals surface area contributed by atoms with E-state index in [-0.39, 0.29) is 72.1 Å². The molecular weight excluding hydrogens is 1450 g/mol. The molecule has 583 valence electrons. The number of nitrogens with zero attached hydrogens (tertiary/aromatic N) is 3. The molecule has 9 aliphatic carbocycles. The third-order valence-electron chi connectivity index (χ3n) is 34.1. The first kappa shape index (κ1) is 91.1. The first-order valence-electron chi connectivity index (χ1n) is 44.7. The van der Waals surface area contributed by atoms with Crippen LogP contribution in [0.15, 0.2) is 180 Å². The van der Waals surface area contributed by atoms with Crippen molar-refractivity contribution in [2.24, 2.45) is 34.0 Å². The standard InChI is InChI=1S/2C29H34N2O.C28H29NO2.3CH4.B23/c2*1-27-11-9-23-16-22-5-6-24(30-2)17-28(22)12-13-29(23,32-28)26(27)8-7-25(27)20-4-3-19-10-14-31-18-21(19)15-20;1-26-10-8-22-15-21-4-5-23(30)16-27(21)11-12-28(22,31-27)25(26)7-6-24(26)19-3-2-18-9-13-29-17-20(18)14-19;;;;1-13-19(12)22(18(10)11)23(20(14(2)3)15(4)5)21(16(6)7)17(8)9/h2*3-4,9-10,14-16,18,24-26,30H,5-8,11-13,17H2,1-2H3;2-3,8-9,13-15,17,24-25H,4-7,10-12,16H2,1H3;3*1H4;/t24-,25?,26+,27+,28?,29+;24-,25?,26-,27-,28?,29-;24?,25-,26-,27?,28-;;;;/m011..../s1. The number of nitrogens with one attached hydrogen (secondary N) is 2. The second kappa shape index (κ2) is 34.7. The maximum absolute atomic E-state index is 12.4. The Kier molecular flexibility index (Phi) is 26.1. The molecule has 15 aliphatic rings. The monoisotopic (exact) mass is 1570 g/mol. The van der Waals surface area contributed by atoms with Crippen LogP contribution in [0.25, 0.3) is 32.3 Å². The molecule has 3 saturated heterocycles. The van der Waals surface area contributed by atoms with E-state index in [0.29, 0.717) is 66.2 Å². The van der Waals surface area contributed by atoms with Gasteiger partial charge in [0.15, 0.2) is 0 Å². The quantitative estimate of drug-likeness (QED) is 0.0972.